The number of carbonyl (C=O) groups is 1. The highest BCUT2D eigenvalue weighted by Crippen LogP contribution is 2.36. The van der Waals surface area contributed by atoms with Crippen LogP contribution in [0.2, 0.25) is 0 Å². The predicted molar refractivity (Wildman–Crippen MR) is 112 cm³/mol. The maximum Gasteiger partial charge on any atom is 0.182 e. The molecule has 0 amide bonds. The highest BCUT2D eigenvalue weighted by atomic mass is 16.5. The summed E-state index contributed by atoms with van der Waals surface area (Å²) in [4.78, 5) is 16.6. The Morgan fingerprint density at radius 1 is 1.07 bits per heavy atom. The predicted octanol–water partition coefficient (Wildman–Crippen LogP) is 3.24. The van der Waals surface area contributed by atoms with E-state index in [0.717, 1.165) is 12.0 Å². The zero-order valence-electron chi connectivity index (χ0n) is 16.9. The fourth-order valence-electron chi connectivity index (χ4n) is 3.45. The third-order valence-corrected chi connectivity index (χ3v) is 5.08. The number of aryl methyl sites for hydroxylation is 1. The molecule has 152 valence electrons. The molecule has 4 aromatic rings. The van der Waals surface area contributed by atoms with Crippen LogP contribution in [0.4, 0.5) is 0 Å². The van der Waals surface area contributed by atoms with E-state index in [2.05, 4.69) is 22.1 Å². The summed E-state index contributed by atoms with van der Waals surface area (Å²) in [5.41, 5.74) is 3.88. The number of aromatic nitrogens is 3. The number of fused-ring (bicyclic) bond motifs is 1. The van der Waals surface area contributed by atoms with Crippen molar-refractivity contribution in [3.63, 3.8) is 0 Å². The van der Waals surface area contributed by atoms with Crippen LogP contribution in [0, 0.1) is 0 Å². The molecular weight excluding hydrogens is 382 g/mol. The van der Waals surface area contributed by atoms with Gasteiger partial charge in [-0.3, -0.25) is 5.10 Å². The number of aromatic amines is 1. The maximum atomic E-state index is 12.0. The molecular formula is C23H20N3O4-. The van der Waals surface area contributed by atoms with Gasteiger partial charge in [0.2, 0.25) is 0 Å². The Labute approximate surface area is 173 Å². The van der Waals surface area contributed by atoms with Crippen LogP contribution in [0.1, 0.15) is 22.8 Å². The van der Waals surface area contributed by atoms with Crippen molar-refractivity contribution < 1.29 is 19.4 Å². The SMILES string of the molecule is CCc1ccc(-c2[nH]nc3nc(-c4cc(OC)ccc4OC)cc(C(=O)[O-])c23)cc1. The van der Waals surface area contributed by atoms with Crippen LogP contribution in [0.25, 0.3) is 33.5 Å². The van der Waals surface area contributed by atoms with Gasteiger partial charge >= 0.3 is 0 Å². The van der Waals surface area contributed by atoms with Crippen molar-refractivity contribution in [2.75, 3.05) is 14.2 Å². The molecule has 2 aromatic heterocycles. The Kier molecular flexibility index (Phi) is 5.10. The van der Waals surface area contributed by atoms with E-state index in [1.807, 2.05) is 24.3 Å². The molecule has 0 bridgehead atoms. The number of aromatic carboxylic acids is 1. The molecule has 2 heterocycles. The lowest BCUT2D eigenvalue weighted by Crippen LogP contribution is -2.22. The molecule has 0 spiro atoms. The van der Waals surface area contributed by atoms with Crippen molar-refractivity contribution in [1.82, 2.24) is 15.2 Å². The molecule has 0 saturated heterocycles. The number of ether oxygens (including phenoxy) is 2. The average Bonchev–Trinajstić information content (AvgIpc) is 3.21. The summed E-state index contributed by atoms with van der Waals surface area (Å²) in [7, 11) is 3.09. The summed E-state index contributed by atoms with van der Waals surface area (Å²) < 4.78 is 10.7. The van der Waals surface area contributed by atoms with Gasteiger partial charge in [0, 0.05) is 16.7 Å². The van der Waals surface area contributed by atoms with E-state index in [4.69, 9.17) is 9.47 Å². The molecule has 0 radical (unpaired) electrons. The van der Waals surface area contributed by atoms with Gasteiger partial charge in [-0.25, -0.2) is 4.98 Å². The fourth-order valence-corrected chi connectivity index (χ4v) is 3.45. The van der Waals surface area contributed by atoms with E-state index in [9.17, 15) is 9.90 Å². The summed E-state index contributed by atoms with van der Waals surface area (Å²) >= 11 is 0. The first kappa shape index (κ1) is 19.4. The highest BCUT2D eigenvalue weighted by molar-refractivity contribution is 6.07. The van der Waals surface area contributed by atoms with Crippen molar-refractivity contribution in [2.24, 2.45) is 0 Å². The van der Waals surface area contributed by atoms with Gasteiger partial charge in [0.05, 0.1) is 37.0 Å². The standard InChI is InChI=1S/C23H21N3O4/c1-4-13-5-7-14(8-6-13)21-20-17(23(27)28)12-18(24-22(20)26-25-21)16-11-15(29-2)9-10-19(16)30-3/h5-12H,4H2,1-3H3,(H,27,28)(H,24,25,26)/p-1. The van der Waals surface area contributed by atoms with Gasteiger partial charge in [-0.05, 0) is 36.2 Å². The molecule has 7 heteroatoms. The van der Waals surface area contributed by atoms with E-state index >= 15 is 0 Å². The maximum absolute atomic E-state index is 12.0. The van der Waals surface area contributed by atoms with E-state index in [1.165, 1.54) is 18.7 Å². The highest BCUT2D eigenvalue weighted by Gasteiger charge is 2.18. The Hall–Kier alpha value is -3.87. The van der Waals surface area contributed by atoms with Gasteiger partial charge in [-0.1, -0.05) is 31.2 Å². The minimum atomic E-state index is -1.31. The smallest absolute Gasteiger partial charge is 0.182 e. The summed E-state index contributed by atoms with van der Waals surface area (Å²) in [6.07, 6.45) is 0.918. The summed E-state index contributed by atoms with van der Waals surface area (Å²) in [6, 6.07) is 14.6. The lowest BCUT2D eigenvalue weighted by atomic mass is 10.0. The number of carboxylic acid groups (broad SMARTS) is 1. The Morgan fingerprint density at radius 3 is 2.47 bits per heavy atom. The molecule has 1 N–H and O–H groups in total. The lowest BCUT2D eigenvalue weighted by Gasteiger charge is -2.13. The van der Waals surface area contributed by atoms with Gasteiger partial charge in [0.1, 0.15) is 11.5 Å². The first-order chi connectivity index (χ1) is 14.5. The summed E-state index contributed by atoms with van der Waals surface area (Å²) in [5, 5.41) is 19.6. The van der Waals surface area contributed by atoms with Crippen LogP contribution < -0.4 is 14.6 Å². The second kappa shape index (κ2) is 7.87. The van der Waals surface area contributed by atoms with Crippen molar-refractivity contribution in [3.05, 3.63) is 59.7 Å². The third-order valence-electron chi connectivity index (χ3n) is 5.08. The fraction of sp³-hybridized carbons (Fsp3) is 0.174. The van der Waals surface area contributed by atoms with Gasteiger partial charge in [-0.15, -0.1) is 0 Å². The van der Waals surface area contributed by atoms with Gasteiger partial charge < -0.3 is 19.4 Å². The zero-order valence-corrected chi connectivity index (χ0v) is 16.9. The average molecular weight is 402 g/mol. The molecule has 0 aliphatic heterocycles. The first-order valence-electron chi connectivity index (χ1n) is 9.47. The van der Waals surface area contributed by atoms with Crippen molar-refractivity contribution in [1.29, 1.82) is 0 Å². The molecule has 0 unspecified atom stereocenters. The topological polar surface area (TPSA) is 100 Å². The number of nitrogens with zero attached hydrogens (tertiary/aromatic N) is 2. The quantitative estimate of drug-likeness (QED) is 0.531. The van der Waals surface area contributed by atoms with Crippen LogP contribution >= 0.6 is 0 Å². The molecule has 30 heavy (non-hydrogen) atoms. The number of benzene rings is 2. The molecule has 0 saturated carbocycles. The van der Waals surface area contributed by atoms with Gasteiger partial charge in [0.25, 0.3) is 0 Å². The zero-order chi connectivity index (χ0) is 21.3. The molecule has 4 rings (SSSR count). The number of pyridine rings is 1. The Bertz CT molecular complexity index is 1230. The number of hydrogen-bond acceptors (Lipinski definition) is 6. The summed E-state index contributed by atoms with van der Waals surface area (Å²) in [5.74, 6) is -0.169. The van der Waals surface area contributed by atoms with Crippen molar-refractivity contribution in [2.45, 2.75) is 13.3 Å². The van der Waals surface area contributed by atoms with Crippen LogP contribution in [0.15, 0.2) is 48.5 Å². The van der Waals surface area contributed by atoms with Gasteiger partial charge in [-0.2, -0.15) is 5.10 Å². The Balaban J connectivity index is 1.93. The number of nitrogens with one attached hydrogen (secondary N) is 1. The monoisotopic (exact) mass is 402 g/mol. The molecule has 7 nitrogen and oxygen atoms in total. The van der Waals surface area contributed by atoms with Crippen LogP contribution in [-0.4, -0.2) is 35.4 Å². The Morgan fingerprint density at radius 2 is 1.83 bits per heavy atom. The number of carbonyl (C=O) groups excluding carboxylic acids is 1. The minimum absolute atomic E-state index is 0.00295. The second-order valence-corrected chi connectivity index (χ2v) is 6.76. The van der Waals surface area contributed by atoms with Gasteiger partial charge in [0.15, 0.2) is 5.65 Å². The number of hydrogen-bond donors (Lipinski definition) is 1. The van der Waals surface area contributed by atoms with Crippen molar-refractivity contribution >= 4 is 17.0 Å². The minimum Gasteiger partial charge on any atom is -0.545 e. The molecule has 2 aromatic carbocycles. The number of rotatable bonds is 6. The van der Waals surface area contributed by atoms with Crippen LogP contribution in [-0.2, 0) is 6.42 Å². The molecule has 0 fully saturated rings. The van der Waals surface area contributed by atoms with E-state index in [1.54, 1.807) is 25.3 Å². The largest absolute Gasteiger partial charge is 0.545 e. The normalized spacial score (nSPS) is 10.9. The van der Waals surface area contributed by atoms with Crippen molar-refractivity contribution in [3.8, 4) is 34.0 Å². The molecule has 0 aliphatic rings. The lowest BCUT2D eigenvalue weighted by molar-refractivity contribution is -0.254. The first-order valence-corrected chi connectivity index (χ1v) is 9.47. The molecule has 0 aliphatic carbocycles. The third kappa shape index (κ3) is 3.34. The van der Waals surface area contributed by atoms with E-state index in [-0.39, 0.29) is 11.2 Å². The van der Waals surface area contributed by atoms with Crippen LogP contribution in [0.5, 0.6) is 11.5 Å². The van der Waals surface area contributed by atoms with E-state index < -0.39 is 5.97 Å². The van der Waals surface area contributed by atoms with E-state index in [0.29, 0.717) is 33.8 Å². The number of methoxy groups -OCH3 is 2. The number of carboxylic acids is 1. The number of H-pyrrole nitrogens is 1. The van der Waals surface area contributed by atoms with Crippen LogP contribution in [0.3, 0.4) is 0 Å². The molecule has 0 atom stereocenters. The summed E-state index contributed by atoms with van der Waals surface area (Å²) in [6.45, 7) is 2.08. The second-order valence-electron chi connectivity index (χ2n) is 6.76.